The minimum Gasteiger partial charge on any atom is -0.497 e. The van der Waals surface area contributed by atoms with E-state index in [2.05, 4.69) is 31.3 Å². The Morgan fingerprint density at radius 2 is 1.81 bits per heavy atom. The molecule has 1 rings (SSSR count). The molecule has 0 aliphatic heterocycles. The third-order valence-corrected chi connectivity index (χ3v) is 2.74. The molecule has 0 amide bonds. The summed E-state index contributed by atoms with van der Waals surface area (Å²) in [6.45, 7) is 5.50. The number of methoxy groups -OCH3 is 1. The van der Waals surface area contributed by atoms with Gasteiger partial charge in [-0.2, -0.15) is 0 Å². The molecular weight excluding hydrogens is 198 g/mol. The summed E-state index contributed by atoms with van der Waals surface area (Å²) in [6, 6.07) is 8.86. The molecule has 2 heteroatoms. The van der Waals surface area contributed by atoms with E-state index in [1.54, 1.807) is 7.11 Å². The largest absolute Gasteiger partial charge is 0.497 e. The quantitative estimate of drug-likeness (QED) is 0.760. The average molecular weight is 221 g/mol. The topological polar surface area (TPSA) is 21.3 Å². The Bertz CT molecular complexity index is 281. The van der Waals surface area contributed by atoms with Crippen molar-refractivity contribution in [3.05, 3.63) is 29.8 Å². The van der Waals surface area contributed by atoms with Gasteiger partial charge in [0.2, 0.25) is 0 Å². The van der Waals surface area contributed by atoms with E-state index in [4.69, 9.17) is 4.74 Å². The Kier molecular flexibility index (Phi) is 5.94. The van der Waals surface area contributed by atoms with Gasteiger partial charge in [-0.05, 0) is 37.1 Å². The van der Waals surface area contributed by atoms with E-state index in [1.807, 2.05) is 12.1 Å². The predicted octanol–water partition coefficient (Wildman–Crippen LogP) is 3.54. The SMILES string of the molecule is CCCNC(CCC)c1ccc(OC)cc1. The van der Waals surface area contributed by atoms with Crippen molar-refractivity contribution < 1.29 is 4.74 Å². The van der Waals surface area contributed by atoms with Crippen LogP contribution in [0.2, 0.25) is 0 Å². The lowest BCUT2D eigenvalue weighted by molar-refractivity contribution is 0.414. The Morgan fingerprint density at radius 1 is 1.12 bits per heavy atom. The zero-order chi connectivity index (χ0) is 11.8. The van der Waals surface area contributed by atoms with Crippen LogP contribution in [0.5, 0.6) is 5.75 Å². The number of ether oxygens (including phenoxy) is 1. The normalized spacial score (nSPS) is 12.4. The average Bonchev–Trinajstić information content (AvgIpc) is 2.35. The number of rotatable bonds is 7. The third kappa shape index (κ3) is 3.86. The van der Waals surface area contributed by atoms with Gasteiger partial charge in [0.1, 0.15) is 5.75 Å². The Hall–Kier alpha value is -1.02. The number of nitrogens with one attached hydrogen (secondary N) is 1. The van der Waals surface area contributed by atoms with Crippen molar-refractivity contribution in [3.8, 4) is 5.75 Å². The Morgan fingerprint density at radius 3 is 2.31 bits per heavy atom. The lowest BCUT2D eigenvalue weighted by Gasteiger charge is -2.18. The number of hydrogen-bond donors (Lipinski definition) is 1. The van der Waals surface area contributed by atoms with Crippen LogP contribution in [0.25, 0.3) is 0 Å². The standard InChI is InChI=1S/C14H23NO/c1-4-6-14(15-11-5-2)12-7-9-13(16-3)10-8-12/h7-10,14-15H,4-6,11H2,1-3H3. The Labute approximate surface area is 99.0 Å². The van der Waals surface area contributed by atoms with Gasteiger partial charge in [0, 0.05) is 6.04 Å². The molecule has 0 fully saturated rings. The van der Waals surface area contributed by atoms with Crippen molar-refractivity contribution in [2.24, 2.45) is 0 Å². The van der Waals surface area contributed by atoms with Gasteiger partial charge in [0.25, 0.3) is 0 Å². The van der Waals surface area contributed by atoms with Gasteiger partial charge in [-0.3, -0.25) is 0 Å². The van der Waals surface area contributed by atoms with Crippen molar-refractivity contribution in [1.29, 1.82) is 0 Å². The summed E-state index contributed by atoms with van der Waals surface area (Å²) in [6.07, 6.45) is 3.57. The monoisotopic (exact) mass is 221 g/mol. The predicted molar refractivity (Wildman–Crippen MR) is 68.9 cm³/mol. The van der Waals surface area contributed by atoms with Crippen molar-refractivity contribution in [1.82, 2.24) is 5.32 Å². The van der Waals surface area contributed by atoms with Crippen molar-refractivity contribution >= 4 is 0 Å². The summed E-state index contributed by atoms with van der Waals surface area (Å²) in [5, 5.41) is 3.58. The number of benzene rings is 1. The molecule has 1 N–H and O–H groups in total. The summed E-state index contributed by atoms with van der Waals surface area (Å²) < 4.78 is 5.17. The molecule has 0 radical (unpaired) electrons. The maximum absolute atomic E-state index is 5.17. The molecule has 90 valence electrons. The van der Waals surface area contributed by atoms with E-state index >= 15 is 0 Å². The molecule has 2 nitrogen and oxygen atoms in total. The fourth-order valence-electron chi connectivity index (χ4n) is 1.83. The summed E-state index contributed by atoms with van der Waals surface area (Å²) in [5.74, 6) is 0.925. The van der Waals surface area contributed by atoms with Gasteiger partial charge < -0.3 is 10.1 Å². The first kappa shape index (κ1) is 13.0. The molecule has 0 saturated carbocycles. The van der Waals surface area contributed by atoms with Crippen LogP contribution in [0, 0.1) is 0 Å². The molecule has 16 heavy (non-hydrogen) atoms. The maximum Gasteiger partial charge on any atom is 0.118 e. The molecule has 0 aliphatic rings. The van der Waals surface area contributed by atoms with Crippen molar-refractivity contribution in [2.45, 2.75) is 39.2 Å². The van der Waals surface area contributed by atoms with Crippen LogP contribution in [0.1, 0.15) is 44.7 Å². The van der Waals surface area contributed by atoms with Crippen LogP contribution in [0.3, 0.4) is 0 Å². The molecule has 1 aromatic rings. The lowest BCUT2D eigenvalue weighted by atomic mass is 10.0. The minimum absolute atomic E-state index is 0.482. The van der Waals surface area contributed by atoms with Gasteiger partial charge in [-0.1, -0.05) is 32.4 Å². The molecule has 0 saturated heterocycles. The fourth-order valence-corrected chi connectivity index (χ4v) is 1.83. The van der Waals surface area contributed by atoms with Crippen molar-refractivity contribution in [2.75, 3.05) is 13.7 Å². The molecule has 0 heterocycles. The number of hydrogen-bond acceptors (Lipinski definition) is 2. The first-order chi connectivity index (χ1) is 7.81. The van der Waals surface area contributed by atoms with Crippen LogP contribution in [0.4, 0.5) is 0 Å². The smallest absolute Gasteiger partial charge is 0.118 e. The van der Waals surface area contributed by atoms with E-state index in [0.29, 0.717) is 6.04 Å². The molecule has 1 aromatic carbocycles. The van der Waals surface area contributed by atoms with Crippen LogP contribution < -0.4 is 10.1 Å². The second kappa shape index (κ2) is 7.29. The molecule has 0 aliphatic carbocycles. The van der Waals surface area contributed by atoms with E-state index in [0.717, 1.165) is 12.3 Å². The third-order valence-electron chi connectivity index (χ3n) is 2.74. The maximum atomic E-state index is 5.17. The van der Waals surface area contributed by atoms with E-state index in [-0.39, 0.29) is 0 Å². The van der Waals surface area contributed by atoms with Gasteiger partial charge in [-0.25, -0.2) is 0 Å². The van der Waals surface area contributed by atoms with E-state index in [1.165, 1.54) is 24.8 Å². The van der Waals surface area contributed by atoms with Gasteiger partial charge in [0.15, 0.2) is 0 Å². The lowest BCUT2D eigenvalue weighted by Crippen LogP contribution is -2.21. The second-order valence-corrected chi connectivity index (χ2v) is 4.07. The van der Waals surface area contributed by atoms with Gasteiger partial charge >= 0.3 is 0 Å². The highest BCUT2D eigenvalue weighted by Crippen LogP contribution is 2.21. The molecule has 0 aromatic heterocycles. The summed E-state index contributed by atoms with van der Waals surface area (Å²) in [4.78, 5) is 0. The molecule has 1 unspecified atom stereocenters. The molecular formula is C14H23NO. The molecule has 0 bridgehead atoms. The Balaban J connectivity index is 2.67. The van der Waals surface area contributed by atoms with E-state index in [9.17, 15) is 0 Å². The summed E-state index contributed by atoms with van der Waals surface area (Å²) in [5.41, 5.74) is 1.36. The van der Waals surface area contributed by atoms with E-state index < -0.39 is 0 Å². The molecule has 1 atom stereocenters. The fraction of sp³-hybridized carbons (Fsp3) is 0.571. The summed E-state index contributed by atoms with van der Waals surface area (Å²) in [7, 11) is 1.70. The van der Waals surface area contributed by atoms with Crippen LogP contribution >= 0.6 is 0 Å². The minimum atomic E-state index is 0.482. The van der Waals surface area contributed by atoms with Crippen LogP contribution in [0.15, 0.2) is 24.3 Å². The van der Waals surface area contributed by atoms with Crippen molar-refractivity contribution in [3.63, 3.8) is 0 Å². The first-order valence-corrected chi connectivity index (χ1v) is 6.19. The summed E-state index contributed by atoms with van der Waals surface area (Å²) >= 11 is 0. The first-order valence-electron chi connectivity index (χ1n) is 6.19. The highest BCUT2D eigenvalue weighted by molar-refractivity contribution is 5.29. The highest BCUT2D eigenvalue weighted by atomic mass is 16.5. The second-order valence-electron chi connectivity index (χ2n) is 4.07. The zero-order valence-corrected chi connectivity index (χ0v) is 10.6. The zero-order valence-electron chi connectivity index (χ0n) is 10.6. The molecule has 0 spiro atoms. The van der Waals surface area contributed by atoms with Gasteiger partial charge in [-0.15, -0.1) is 0 Å². The highest BCUT2D eigenvalue weighted by Gasteiger charge is 2.08. The van der Waals surface area contributed by atoms with Gasteiger partial charge in [0.05, 0.1) is 7.11 Å². The van der Waals surface area contributed by atoms with Crippen LogP contribution in [-0.2, 0) is 0 Å². The van der Waals surface area contributed by atoms with Crippen LogP contribution in [-0.4, -0.2) is 13.7 Å².